The molecule has 1 aromatic carbocycles. The van der Waals surface area contributed by atoms with Gasteiger partial charge in [0.05, 0.1) is 0 Å². The summed E-state index contributed by atoms with van der Waals surface area (Å²) in [7, 11) is 0. The Balaban J connectivity index is 2.14. The van der Waals surface area contributed by atoms with E-state index in [9.17, 15) is 8.78 Å². The highest BCUT2D eigenvalue weighted by Gasteiger charge is 2.18. The van der Waals surface area contributed by atoms with Crippen molar-refractivity contribution < 1.29 is 8.78 Å². The lowest BCUT2D eigenvalue weighted by Crippen LogP contribution is -2.29. The summed E-state index contributed by atoms with van der Waals surface area (Å²) in [5.41, 5.74) is 0.232. The molecule has 4 heteroatoms. The summed E-state index contributed by atoms with van der Waals surface area (Å²) in [6.45, 7) is 1.90. The Morgan fingerprint density at radius 1 is 1.19 bits per heavy atom. The fourth-order valence-electron chi connectivity index (χ4n) is 2.14. The number of piperidine rings is 1. The van der Waals surface area contributed by atoms with Crippen LogP contribution in [-0.4, -0.2) is 13.1 Å². The molecule has 88 valence electrons. The van der Waals surface area contributed by atoms with Crippen molar-refractivity contribution >= 4 is 15.9 Å². The molecule has 0 amide bonds. The fraction of sp³-hybridized carbons (Fsp3) is 0.500. The van der Waals surface area contributed by atoms with Gasteiger partial charge in [0.15, 0.2) is 0 Å². The molecule has 0 aromatic heterocycles. The van der Waals surface area contributed by atoms with Gasteiger partial charge >= 0.3 is 0 Å². The summed E-state index contributed by atoms with van der Waals surface area (Å²) < 4.78 is 27.6. The van der Waals surface area contributed by atoms with Crippen molar-refractivity contribution in [3.05, 3.63) is 33.8 Å². The van der Waals surface area contributed by atoms with Crippen LogP contribution in [-0.2, 0) is 6.42 Å². The molecule has 0 aliphatic carbocycles. The highest BCUT2D eigenvalue weighted by Crippen LogP contribution is 2.25. The average Bonchev–Trinajstić information content (AvgIpc) is 2.25. The first-order chi connectivity index (χ1) is 7.66. The number of nitrogens with one attached hydrogen (secondary N) is 1. The third kappa shape index (κ3) is 2.80. The summed E-state index contributed by atoms with van der Waals surface area (Å²) in [5, 5.41) is 3.24. The van der Waals surface area contributed by atoms with Crippen LogP contribution < -0.4 is 5.32 Å². The van der Waals surface area contributed by atoms with Gasteiger partial charge in [-0.3, -0.25) is 0 Å². The van der Waals surface area contributed by atoms with Crippen LogP contribution in [0.1, 0.15) is 18.4 Å². The van der Waals surface area contributed by atoms with E-state index in [0.29, 0.717) is 16.8 Å². The molecule has 1 aromatic rings. The second kappa shape index (κ2) is 5.23. The standard InChI is InChI=1S/C12H14BrF2N/c13-9-6-11(14)10(12(15)7-9)5-8-1-3-16-4-2-8/h6-8,16H,1-5H2. The molecule has 1 saturated heterocycles. The highest BCUT2D eigenvalue weighted by molar-refractivity contribution is 9.10. The molecule has 0 spiro atoms. The van der Waals surface area contributed by atoms with E-state index in [2.05, 4.69) is 21.2 Å². The van der Waals surface area contributed by atoms with Gasteiger partial charge < -0.3 is 5.32 Å². The Labute approximate surface area is 102 Å². The van der Waals surface area contributed by atoms with Crippen LogP contribution in [0.25, 0.3) is 0 Å². The molecule has 0 atom stereocenters. The SMILES string of the molecule is Fc1cc(Br)cc(F)c1CC1CCNCC1. The fourth-order valence-corrected chi connectivity index (χ4v) is 2.54. The first-order valence-electron chi connectivity index (χ1n) is 5.51. The highest BCUT2D eigenvalue weighted by atomic mass is 79.9. The Morgan fingerprint density at radius 2 is 1.75 bits per heavy atom. The molecule has 1 aliphatic rings. The molecule has 1 aliphatic heterocycles. The van der Waals surface area contributed by atoms with Gasteiger partial charge in [0.2, 0.25) is 0 Å². The Hall–Kier alpha value is -0.480. The van der Waals surface area contributed by atoms with E-state index in [1.54, 1.807) is 0 Å². The van der Waals surface area contributed by atoms with E-state index in [-0.39, 0.29) is 5.56 Å². The van der Waals surface area contributed by atoms with Crippen LogP contribution in [0, 0.1) is 17.6 Å². The first-order valence-corrected chi connectivity index (χ1v) is 6.30. The zero-order valence-corrected chi connectivity index (χ0v) is 10.5. The van der Waals surface area contributed by atoms with Crippen LogP contribution >= 0.6 is 15.9 Å². The van der Waals surface area contributed by atoms with E-state index in [1.165, 1.54) is 12.1 Å². The largest absolute Gasteiger partial charge is 0.317 e. The van der Waals surface area contributed by atoms with Gasteiger partial charge in [-0.15, -0.1) is 0 Å². The normalized spacial score (nSPS) is 17.7. The smallest absolute Gasteiger partial charge is 0.130 e. The predicted octanol–water partition coefficient (Wildman–Crippen LogP) is 3.27. The van der Waals surface area contributed by atoms with Crippen LogP contribution in [0.4, 0.5) is 8.78 Å². The number of halogens is 3. The monoisotopic (exact) mass is 289 g/mol. The maximum absolute atomic E-state index is 13.6. The second-order valence-corrected chi connectivity index (χ2v) is 5.16. The molecule has 2 rings (SSSR count). The van der Waals surface area contributed by atoms with Crippen LogP contribution in [0.3, 0.4) is 0 Å². The molecule has 0 radical (unpaired) electrons. The van der Waals surface area contributed by atoms with Gasteiger partial charge in [0, 0.05) is 10.0 Å². The van der Waals surface area contributed by atoms with E-state index in [0.717, 1.165) is 25.9 Å². The van der Waals surface area contributed by atoms with Gasteiger partial charge in [-0.05, 0) is 50.4 Å². The van der Waals surface area contributed by atoms with Gasteiger partial charge in [-0.2, -0.15) is 0 Å². The summed E-state index contributed by atoms with van der Waals surface area (Å²) in [6, 6.07) is 2.67. The third-order valence-corrected chi connectivity index (χ3v) is 3.52. The Morgan fingerprint density at radius 3 is 2.31 bits per heavy atom. The summed E-state index contributed by atoms with van der Waals surface area (Å²) in [6.07, 6.45) is 2.50. The quantitative estimate of drug-likeness (QED) is 0.881. The number of hydrogen-bond acceptors (Lipinski definition) is 1. The van der Waals surface area contributed by atoms with Crippen LogP contribution in [0.2, 0.25) is 0 Å². The summed E-state index contributed by atoms with van der Waals surface area (Å²) in [4.78, 5) is 0. The Bertz CT molecular complexity index is 352. The molecule has 1 nitrogen and oxygen atoms in total. The van der Waals surface area contributed by atoms with E-state index >= 15 is 0 Å². The van der Waals surface area contributed by atoms with Gasteiger partial charge in [-0.1, -0.05) is 15.9 Å². The van der Waals surface area contributed by atoms with Crippen LogP contribution in [0.15, 0.2) is 16.6 Å². The van der Waals surface area contributed by atoms with Crippen molar-refractivity contribution in [2.75, 3.05) is 13.1 Å². The minimum Gasteiger partial charge on any atom is -0.317 e. The van der Waals surface area contributed by atoms with Gasteiger partial charge in [0.25, 0.3) is 0 Å². The van der Waals surface area contributed by atoms with E-state index < -0.39 is 11.6 Å². The molecule has 1 N–H and O–H groups in total. The zero-order chi connectivity index (χ0) is 11.5. The number of rotatable bonds is 2. The lowest BCUT2D eigenvalue weighted by molar-refractivity contribution is 0.363. The average molecular weight is 290 g/mol. The maximum atomic E-state index is 13.6. The second-order valence-electron chi connectivity index (χ2n) is 4.25. The molecular formula is C12H14BrF2N. The van der Waals surface area contributed by atoms with Crippen molar-refractivity contribution in [1.29, 1.82) is 0 Å². The summed E-state index contributed by atoms with van der Waals surface area (Å²) >= 11 is 3.08. The number of benzene rings is 1. The third-order valence-electron chi connectivity index (χ3n) is 3.06. The minimum absolute atomic E-state index is 0.232. The molecular weight excluding hydrogens is 276 g/mol. The number of hydrogen-bond donors (Lipinski definition) is 1. The maximum Gasteiger partial charge on any atom is 0.130 e. The van der Waals surface area contributed by atoms with Crippen molar-refractivity contribution in [2.24, 2.45) is 5.92 Å². The molecule has 0 unspecified atom stereocenters. The zero-order valence-electron chi connectivity index (χ0n) is 8.90. The molecule has 1 heterocycles. The lowest BCUT2D eigenvalue weighted by Gasteiger charge is -2.22. The van der Waals surface area contributed by atoms with Crippen LogP contribution in [0.5, 0.6) is 0 Å². The van der Waals surface area contributed by atoms with Crippen molar-refractivity contribution in [1.82, 2.24) is 5.32 Å². The summed E-state index contributed by atoms with van der Waals surface area (Å²) in [5.74, 6) is -0.484. The van der Waals surface area contributed by atoms with Crippen molar-refractivity contribution in [3.63, 3.8) is 0 Å². The molecule has 0 saturated carbocycles. The first kappa shape index (κ1) is 12.0. The van der Waals surface area contributed by atoms with Crippen molar-refractivity contribution in [3.8, 4) is 0 Å². The minimum atomic E-state index is -0.439. The van der Waals surface area contributed by atoms with Crippen molar-refractivity contribution in [2.45, 2.75) is 19.3 Å². The lowest BCUT2D eigenvalue weighted by atomic mass is 9.90. The Kier molecular flexibility index (Phi) is 3.92. The molecule has 0 bridgehead atoms. The van der Waals surface area contributed by atoms with Gasteiger partial charge in [-0.25, -0.2) is 8.78 Å². The molecule has 16 heavy (non-hydrogen) atoms. The topological polar surface area (TPSA) is 12.0 Å². The van der Waals surface area contributed by atoms with E-state index in [1.807, 2.05) is 0 Å². The van der Waals surface area contributed by atoms with E-state index in [4.69, 9.17) is 0 Å². The van der Waals surface area contributed by atoms with Gasteiger partial charge in [0.1, 0.15) is 11.6 Å². The molecule has 1 fully saturated rings. The predicted molar refractivity (Wildman–Crippen MR) is 63.4 cm³/mol.